The Balaban J connectivity index is 0.00000208. The van der Waals surface area contributed by atoms with Crippen molar-refractivity contribution in [3.05, 3.63) is 30.3 Å². The molecule has 3 rings (SSSR count). The molecule has 2 fully saturated rings. The summed E-state index contributed by atoms with van der Waals surface area (Å²) in [6, 6.07) is 10.7. The molecule has 2 heterocycles. The summed E-state index contributed by atoms with van der Waals surface area (Å²) in [5.74, 6) is -0.232. The average molecular weight is 417 g/mol. The number of rotatable bonds is 4. The van der Waals surface area contributed by atoms with Gasteiger partial charge in [-0.05, 0) is 0 Å². The van der Waals surface area contributed by atoms with Gasteiger partial charge in [-0.1, -0.05) is 0 Å². The first kappa shape index (κ1) is 19.5. The minimum atomic E-state index is -0.267. The standard InChI is InChI=1S/C18H24NO3Se.ClH/c1-3-22-18(21)14-12-16(20)19(2)11-7-10-15(19)17(14)23-13-8-5-4-6-9-13;/h4-6,8-9,14-15,17H,3,7,10-12H2,1-2H3;1H/q+1;/p-1/t14-,15-,17+,19?;/m0./s1. The third-order valence-corrected chi connectivity index (χ3v) is 8.26. The molecule has 2 saturated heterocycles. The summed E-state index contributed by atoms with van der Waals surface area (Å²) in [4.78, 5) is 25.4. The molecule has 1 amide bonds. The third-order valence-electron chi connectivity index (χ3n) is 5.20. The first-order valence-electron chi connectivity index (χ1n) is 8.33. The fourth-order valence-electron chi connectivity index (χ4n) is 3.94. The quantitative estimate of drug-likeness (QED) is 0.342. The van der Waals surface area contributed by atoms with Crippen LogP contribution in [0.15, 0.2) is 30.3 Å². The van der Waals surface area contributed by atoms with E-state index in [1.807, 2.05) is 25.1 Å². The van der Waals surface area contributed by atoms with Crippen LogP contribution in [0.5, 0.6) is 0 Å². The number of piperidine rings is 1. The number of ether oxygens (including phenoxy) is 1. The van der Waals surface area contributed by atoms with Crippen LogP contribution in [0.4, 0.5) is 0 Å². The minimum Gasteiger partial charge on any atom is -1.00 e. The number of esters is 1. The van der Waals surface area contributed by atoms with Crippen LogP contribution in [0.1, 0.15) is 26.2 Å². The second-order valence-corrected chi connectivity index (χ2v) is 9.18. The maximum atomic E-state index is 12.7. The average Bonchev–Trinajstić information content (AvgIpc) is 2.95. The van der Waals surface area contributed by atoms with E-state index < -0.39 is 0 Å². The predicted octanol–water partition coefficient (Wildman–Crippen LogP) is -1.47. The third kappa shape index (κ3) is 3.55. The van der Waals surface area contributed by atoms with E-state index in [2.05, 4.69) is 19.2 Å². The number of amides is 1. The maximum absolute atomic E-state index is 12.7. The molecule has 0 N–H and O–H groups in total. The van der Waals surface area contributed by atoms with E-state index >= 15 is 0 Å². The van der Waals surface area contributed by atoms with Crippen LogP contribution in [0.25, 0.3) is 0 Å². The van der Waals surface area contributed by atoms with Crippen molar-refractivity contribution in [3.63, 3.8) is 0 Å². The minimum absolute atomic E-state index is 0. The van der Waals surface area contributed by atoms with E-state index in [-0.39, 0.29) is 56.0 Å². The largest absolute Gasteiger partial charge is 1.00 e. The number of carbonyl (C=O) groups excluding carboxylic acids is 2. The summed E-state index contributed by atoms with van der Waals surface area (Å²) in [6.07, 6.45) is 2.45. The van der Waals surface area contributed by atoms with Gasteiger partial charge < -0.3 is 12.4 Å². The molecular weight excluding hydrogens is 393 g/mol. The van der Waals surface area contributed by atoms with Crippen LogP contribution in [-0.2, 0) is 14.3 Å². The van der Waals surface area contributed by atoms with Gasteiger partial charge in [0.05, 0.1) is 0 Å². The Bertz CT molecular complexity index is 597. The van der Waals surface area contributed by atoms with Crippen LogP contribution >= 0.6 is 0 Å². The van der Waals surface area contributed by atoms with Gasteiger partial charge in [-0.2, -0.15) is 0 Å². The molecule has 4 nitrogen and oxygen atoms in total. The van der Waals surface area contributed by atoms with Gasteiger partial charge in [-0.15, -0.1) is 0 Å². The summed E-state index contributed by atoms with van der Waals surface area (Å²) >= 11 is 0.175. The van der Waals surface area contributed by atoms with Crippen molar-refractivity contribution in [2.45, 2.75) is 37.0 Å². The molecule has 0 aromatic heterocycles. The number of halogens is 1. The van der Waals surface area contributed by atoms with E-state index in [0.717, 1.165) is 19.4 Å². The second kappa shape index (κ2) is 8.01. The number of quaternary nitrogens is 1. The molecule has 6 heteroatoms. The number of carbonyl (C=O) groups is 2. The zero-order chi connectivity index (χ0) is 16.4. The Hall–Kier alpha value is -0.871. The normalized spacial score (nSPS) is 31.9. The Kier molecular flexibility index (Phi) is 6.49. The topological polar surface area (TPSA) is 43.4 Å². The van der Waals surface area contributed by atoms with Gasteiger partial charge in [0.2, 0.25) is 0 Å². The smallest absolute Gasteiger partial charge is 1.00 e. The van der Waals surface area contributed by atoms with Crippen molar-refractivity contribution < 1.29 is 31.2 Å². The monoisotopic (exact) mass is 417 g/mol. The molecule has 0 radical (unpaired) electrons. The van der Waals surface area contributed by atoms with Crippen LogP contribution in [0.3, 0.4) is 0 Å². The SMILES string of the molecule is CCOC(=O)[C@H]1CC(=O)[N+]2(C)CCC[C@H]2[C@@H]1[Se]c1ccccc1.[Cl-]. The van der Waals surface area contributed by atoms with Crippen LogP contribution in [-0.4, -0.2) is 57.6 Å². The van der Waals surface area contributed by atoms with Crippen LogP contribution in [0, 0.1) is 5.92 Å². The van der Waals surface area contributed by atoms with E-state index in [4.69, 9.17) is 4.74 Å². The van der Waals surface area contributed by atoms with Crippen molar-refractivity contribution in [3.8, 4) is 0 Å². The maximum Gasteiger partial charge on any atom is -1.00 e. The fraction of sp³-hybridized carbons (Fsp3) is 0.556. The van der Waals surface area contributed by atoms with E-state index in [9.17, 15) is 9.59 Å². The first-order chi connectivity index (χ1) is 11.1. The Morgan fingerprint density at radius 1 is 1.33 bits per heavy atom. The molecule has 0 saturated carbocycles. The molecule has 0 bridgehead atoms. The molecule has 1 unspecified atom stereocenters. The summed E-state index contributed by atoms with van der Waals surface area (Å²) in [5.41, 5.74) is 0. The van der Waals surface area contributed by atoms with Gasteiger partial charge in [0, 0.05) is 0 Å². The van der Waals surface area contributed by atoms with Gasteiger partial charge >= 0.3 is 144 Å². The van der Waals surface area contributed by atoms with E-state index in [1.54, 1.807) is 0 Å². The van der Waals surface area contributed by atoms with Crippen molar-refractivity contribution in [1.29, 1.82) is 0 Å². The molecule has 0 spiro atoms. The molecule has 1 aromatic rings. The molecular formula is C18H24ClNO3Se. The van der Waals surface area contributed by atoms with E-state index in [1.165, 1.54) is 4.46 Å². The van der Waals surface area contributed by atoms with Gasteiger partial charge in [-0.3, -0.25) is 0 Å². The summed E-state index contributed by atoms with van der Waals surface area (Å²) < 4.78 is 7.11. The number of hydrogen-bond acceptors (Lipinski definition) is 3. The summed E-state index contributed by atoms with van der Waals surface area (Å²) in [7, 11) is 2.06. The molecule has 132 valence electrons. The number of hydrogen-bond donors (Lipinski definition) is 0. The van der Waals surface area contributed by atoms with Gasteiger partial charge in [-0.25, -0.2) is 0 Å². The van der Waals surface area contributed by atoms with E-state index in [0.29, 0.717) is 17.5 Å². The first-order valence-corrected chi connectivity index (χ1v) is 10.2. The zero-order valence-corrected chi connectivity index (χ0v) is 16.6. The summed E-state index contributed by atoms with van der Waals surface area (Å²) in [6.45, 7) is 3.13. The Morgan fingerprint density at radius 2 is 2.04 bits per heavy atom. The van der Waals surface area contributed by atoms with Gasteiger partial charge in [0.15, 0.2) is 0 Å². The van der Waals surface area contributed by atoms with Crippen molar-refractivity contribution in [2.75, 3.05) is 20.2 Å². The van der Waals surface area contributed by atoms with Crippen molar-refractivity contribution >= 4 is 31.3 Å². The molecule has 24 heavy (non-hydrogen) atoms. The van der Waals surface area contributed by atoms with Crippen molar-refractivity contribution in [2.24, 2.45) is 5.92 Å². The van der Waals surface area contributed by atoms with Gasteiger partial charge in [0.1, 0.15) is 0 Å². The summed E-state index contributed by atoms with van der Waals surface area (Å²) in [5, 5.41) is 0. The molecule has 2 aliphatic heterocycles. The van der Waals surface area contributed by atoms with Crippen LogP contribution in [0.2, 0.25) is 4.82 Å². The number of fused-ring (bicyclic) bond motifs is 1. The zero-order valence-electron chi connectivity index (χ0n) is 14.1. The second-order valence-electron chi connectivity index (χ2n) is 6.55. The van der Waals surface area contributed by atoms with Gasteiger partial charge in [0.25, 0.3) is 0 Å². The fourth-order valence-corrected chi connectivity index (χ4v) is 7.22. The Labute approximate surface area is 156 Å². The van der Waals surface area contributed by atoms with Crippen molar-refractivity contribution in [1.82, 2.24) is 0 Å². The molecule has 0 aliphatic carbocycles. The number of benzene rings is 1. The molecule has 4 atom stereocenters. The Morgan fingerprint density at radius 3 is 2.71 bits per heavy atom. The molecule has 1 aromatic carbocycles. The predicted molar refractivity (Wildman–Crippen MR) is 89.4 cm³/mol. The van der Waals surface area contributed by atoms with Crippen LogP contribution < -0.4 is 16.9 Å². The number of nitrogens with zero attached hydrogens (tertiary/aromatic N) is 1. The molecule has 2 aliphatic rings.